The highest BCUT2D eigenvalue weighted by molar-refractivity contribution is 5.78. The van der Waals surface area contributed by atoms with Crippen molar-refractivity contribution in [2.24, 2.45) is 5.92 Å². The Morgan fingerprint density at radius 2 is 2.05 bits per heavy atom. The first kappa shape index (κ1) is 15.0. The number of carbonyl (C=O) groups is 1. The second kappa shape index (κ2) is 6.89. The van der Waals surface area contributed by atoms with E-state index in [4.69, 9.17) is 0 Å². The molecule has 1 fully saturated rings. The molecular formula is C17H26N2O. The van der Waals surface area contributed by atoms with Crippen molar-refractivity contribution in [3.63, 3.8) is 0 Å². The van der Waals surface area contributed by atoms with E-state index in [2.05, 4.69) is 54.4 Å². The number of carbonyl (C=O) groups excluding carboxylic acids is 1. The minimum absolute atomic E-state index is 0.121. The summed E-state index contributed by atoms with van der Waals surface area (Å²) in [4.78, 5) is 14.4. The SMILES string of the molecule is CC[C@H](C)C(=O)N[C@H]1CCN([C@H](C)c2ccccc2)C1. The first-order chi connectivity index (χ1) is 9.61. The van der Waals surface area contributed by atoms with Crippen molar-refractivity contribution in [2.45, 2.75) is 45.7 Å². The lowest BCUT2D eigenvalue weighted by molar-refractivity contribution is -0.125. The molecule has 1 aliphatic rings. The Balaban J connectivity index is 1.88. The molecule has 0 radical (unpaired) electrons. The van der Waals surface area contributed by atoms with Gasteiger partial charge in [0.2, 0.25) is 5.91 Å². The largest absolute Gasteiger partial charge is 0.352 e. The smallest absolute Gasteiger partial charge is 0.223 e. The van der Waals surface area contributed by atoms with Crippen LogP contribution in [0.5, 0.6) is 0 Å². The van der Waals surface area contributed by atoms with Gasteiger partial charge in [0.05, 0.1) is 0 Å². The van der Waals surface area contributed by atoms with E-state index in [0.29, 0.717) is 12.1 Å². The molecule has 3 nitrogen and oxygen atoms in total. The molecular weight excluding hydrogens is 248 g/mol. The van der Waals surface area contributed by atoms with Crippen molar-refractivity contribution in [2.75, 3.05) is 13.1 Å². The van der Waals surface area contributed by atoms with Crippen LogP contribution in [-0.2, 0) is 4.79 Å². The predicted octanol–water partition coefficient (Wildman–Crippen LogP) is 2.98. The average Bonchev–Trinajstić information content (AvgIpc) is 2.94. The summed E-state index contributed by atoms with van der Waals surface area (Å²) in [5.74, 6) is 0.322. The Morgan fingerprint density at radius 1 is 1.35 bits per heavy atom. The molecule has 1 aliphatic heterocycles. The summed E-state index contributed by atoms with van der Waals surface area (Å²) < 4.78 is 0. The molecule has 1 amide bonds. The Labute approximate surface area is 122 Å². The molecule has 2 rings (SSSR count). The zero-order valence-electron chi connectivity index (χ0n) is 12.8. The van der Waals surface area contributed by atoms with Crippen molar-refractivity contribution in [3.05, 3.63) is 35.9 Å². The van der Waals surface area contributed by atoms with Crippen molar-refractivity contribution in [1.82, 2.24) is 10.2 Å². The van der Waals surface area contributed by atoms with Crippen LogP contribution in [0.2, 0.25) is 0 Å². The number of rotatable bonds is 5. The molecule has 0 aliphatic carbocycles. The Bertz CT molecular complexity index is 432. The highest BCUT2D eigenvalue weighted by atomic mass is 16.1. The van der Waals surface area contributed by atoms with E-state index in [0.717, 1.165) is 25.9 Å². The zero-order chi connectivity index (χ0) is 14.5. The fourth-order valence-electron chi connectivity index (χ4n) is 2.73. The molecule has 0 unspecified atom stereocenters. The number of nitrogens with one attached hydrogen (secondary N) is 1. The normalized spacial score (nSPS) is 22.4. The third kappa shape index (κ3) is 3.60. The fraction of sp³-hybridized carbons (Fsp3) is 0.588. The van der Waals surface area contributed by atoms with Gasteiger partial charge in [-0.2, -0.15) is 0 Å². The van der Waals surface area contributed by atoms with E-state index in [1.54, 1.807) is 0 Å². The highest BCUT2D eigenvalue weighted by Gasteiger charge is 2.28. The maximum absolute atomic E-state index is 11.9. The maximum atomic E-state index is 11.9. The summed E-state index contributed by atoms with van der Waals surface area (Å²) in [6.07, 6.45) is 1.96. The molecule has 1 aromatic rings. The van der Waals surface area contributed by atoms with E-state index in [1.165, 1.54) is 5.56 Å². The summed E-state index contributed by atoms with van der Waals surface area (Å²) in [7, 11) is 0. The third-order valence-electron chi connectivity index (χ3n) is 4.46. The molecule has 110 valence electrons. The van der Waals surface area contributed by atoms with Crippen LogP contribution in [0.25, 0.3) is 0 Å². The van der Waals surface area contributed by atoms with E-state index in [-0.39, 0.29) is 11.8 Å². The van der Waals surface area contributed by atoms with Crippen LogP contribution in [0.15, 0.2) is 30.3 Å². The lowest BCUT2D eigenvalue weighted by Gasteiger charge is -2.25. The van der Waals surface area contributed by atoms with Crippen molar-refractivity contribution < 1.29 is 4.79 Å². The molecule has 0 bridgehead atoms. The number of hydrogen-bond donors (Lipinski definition) is 1. The molecule has 1 N–H and O–H groups in total. The summed E-state index contributed by atoms with van der Waals surface area (Å²) in [5, 5.41) is 3.19. The molecule has 1 aromatic carbocycles. The standard InChI is InChI=1S/C17H26N2O/c1-4-13(2)17(20)18-16-10-11-19(12-16)14(3)15-8-6-5-7-9-15/h5-9,13-14,16H,4,10-12H2,1-3H3,(H,18,20)/t13-,14+,16-/m0/s1. The fourth-order valence-corrected chi connectivity index (χ4v) is 2.73. The zero-order valence-corrected chi connectivity index (χ0v) is 12.8. The number of amides is 1. The van der Waals surface area contributed by atoms with Gasteiger partial charge in [-0.25, -0.2) is 0 Å². The highest BCUT2D eigenvalue weighted by Crippen LogP contribution is 2.24. The van der Waals surface area contributed by atoms with Crippen LogP contribution >= 0.6 is 0 Å². The van der Waals surface area contributed by atoms with Gasteiger partial charge in [0.1, 0.15) is 0 Å². The second-order valence-electron chi connectivity index (χ2n) is 5.89. The van der Waals surface area contributed by atoms with Crippen LogP contribution in [-0.4, -0.2) is 29.9 Å². The minimum Gasteiger partial charge on any atom is -0.352 e. The quantitative estimate of drug-likeness (QED) is 0.895. The molecule has 0 saturated carbocycles. The summed E-state index contributed by atoms with van der Waals surface area (Å²) in [6, 6.07) is 11.3. The van der Waals surface area contributed by atoms with Gasteiger partial charge in [0.25, 0.3) is 0 Å². The molecule has 3 heteroatoms. The maximum Gasteiger partial charge on any atom is 0.223 e. The second-order valence-corrected chi connectivity index (χ2v) is 5.89. The Morgan fingerprint density at radius 3 is 2.70 bits per heavy atom. The lowest BCUT2D eigenvalue weighted by atomic mass is 10.1. The van der Waals surface area contributed by atoms with Crippen LogP contribution in [0.4, 0.5) is 0 Å². The van der Waals surface area contributed by atoms with Crippen LogP contribution in [0.3, 0.4) is 0 Å². The van der Waals surface area contributed by atoms with Crippen LogP contribution in [0, 0.1) is 5.92 Å². The van der Waals surface area contributed by atoms with E-state index in [1.807, 2.05) is 6.92 Å². The number of benzene rings is 1. The van der Waals surface area contributed by atoms with Gasteiger partial charge < -0.3 is 5.32 Å². The number of nitrogens with zero attached hydrogens (tertiary/aromatic N) is 1. The summed E-state index contributed by atoms with van der Waals surface area (Å²) in [6.45, 7) is 8.31. The van der Waals surface area contributed by atoms with Crippen molar-refractivity contribution >= 4 is 5.91 Å². The Hall–Kier alpha value is -1.35. The monoisotopic (exact) mass is 274 g/mol. The van der Waals surface area contributed by atoms with Gasteiger partial charge in [-0.05, 0) is 25.3 Å². The lowest BCUT2D eigenvalue weighted by Crippen LogP contribution is -2.40. The van der Waals surface area contributed by atoms with E-state index in [9.17, 15) is 4.79 Å². The molecule has 1 saturated heterocycles. The van der Waals surface area contributed by atoms with Gasteiger partial charge in [-0.15, -0.1) is 0 Å². The predicted molar refractivity (Wildman–Crippen MR) is 82.4 cm³/mol. The van der Waals surface area contributed by atoms with Crippen molar-refractivity contribution in [3.8, 4) is 0 Å². The van der Waals surface area contributed by atoms with Gasteiger partial charge in [0, 0.05) is 31.1 Å². The van der Waals surface area contributed by atoms with Gasteiger partial charge in [-0.3, -0.25) is 9.69 Å². The summed E-state index contributed by atoms with van der Waals surface area (Å²) >= 11 is 0. The van der Waals surface area contributed by atoms with E-state index >= 15 is 0 Å². The molecule has 20 heavy (non-hydrogen) atoms. The van der Waals surface area contributed by atoms with Gasteiger partial charge >= 0.3 is 0 Å². The van der Waals surface area contributed by atoms with Gasteiger partial charge in [-0.1, -0.05) is 44.2 Å². The van der Waals surface area contributed by atoms with Gasteiger partial charge in [0.15, 0.2) is 0 Å². The van der Waals surface area contributed by atoms with Crippen molar-refractivity contribution in [1.29, 1.82) is 0 Å². The topological polar surface area (TPSA) is 32.3 Å². The summed E-state index contributed by atoms with van der Waals surface area (Å²) in [5.41, 5.74) is 1.35. The first-order valence-electron chi connectivity index (χ1n) is 7.71. The molecule has 0 spiro atoms. The van der Waals surface area contributed by atoms with E-state index < -0.39 is 0 Å². The third-order valence-corrected chi connectivity index (χ3v) is 4.46. The van der Waals surface area contributed by atoms with Crippen LogP contribution < -0.4 is 5.32 Å². The van der Waals surface area contributed by atoms with Crippen LogP contribution in [0.1, 0.15) is 45.2 Å². The average molecular weight is 274 g/mol. The Kier molecular flexibility index (Phi) is 5.18. The minimum atomic E-state index is 0.121. The number of likely N-dealkylation sites (tertiary alicyclic amines) is 1. The molecule has 1 heterocycles. The first-order valence-corrected chi connectivity index (χ1v) is 7.71. The molecule has 0 aromatic heterocycles. The number of hydrogen-bond acceptors (Lipinski definition) is 2. The molecule has 3 atom stereocenters.